The van der Waals surface area contributed by atoms with Crippen LogP contribution in [0.5, 0.6) is 0 Å². The quantitative estimate of drug-likeness (QED) is 0.0224. The maximum atomic E-state index is 12.6. The minimum absolute atomic E-state index is 0.0215. The second-order valence-corrected chi connectivity index (χ2v) is 28.4. The first kappa shape index (κ1) is 78.1. The minimum Gasteiger partial charge on any atom is -0.399 e. The molecule has 0 saturated carbocycles. The summed E-state index contributed by atoms with van der Waals surface area (Å²) in [6.45, 7) is 17.0. The van der Waals surface area contributed by atoms with Crippen LogP contribution in [-0.2, 0) is 64.2 Å². The molecule has 4 heterocycles. The van der Waals surface area contributed by atoms with Crippen LogP contribution in [0.4, 0.5) is 46.4 Å². The van der Waals surface area contributed by atoms with Gasteiger partial charge >= 0.3 is 12.2 Å². The van der Waals surface area contributed by atoms with Gasteiger partial charge in [0, 0.05) is 157 Å². The molecule has 38 heteroatoms. The summed E-state index contributed by atoms with van der Waals surface area (Å²) in [5.41, 5.74) is 10.4. The number of carbonyl (C=O) groups is 1. The predicted molar refractivity (Wildman–Crippen MR) is 344 cm³/mol. The number of nitrogens with zero attached hydrogens (tertiary/aromatic N) is 6. The van der Waals surface area contributed by atoms with E-state index in [0.717, 1.165) is 115 Å². The first-order valence-corrected chi connectivity index (χ1v) is 35.8. The van der Waals surface area contributed by atoms with Crippen molar-refractivity contribution in [1.82, 2.24) is 33.8 Å². The first-order chi connectivity index (χ1) is 44.5. The number of carbonyl (C=O) groups excluding carboxylic acids is 1. The summed E-state index contributed by atoms with van der Waals surface area (Å²) >= 11 is 0. The average molecular weight is 1430 g/mol. The highest BCUT2D eigenvalue weighted by molar-refractivity contribution is 8.13. The molecule has 9 rings (SSSR count). The van der Waals surface area contributed by atoms with Crippen molar-refractivity contribution in [2.45, 2.75) is 25.8 Å². The van der Waals surface area contributed by atoms with Crippen LogP contribution in [0.25, 0.3) is 0 Å². The van der Waals surface area contributed by atoms with Crippen molar-refractivity contribution in [3.63, 3.8) is 0 Å². The number of urea groups is 1. The van der Waals surface area contributed by atoms with E-state index in [1.54, 1.807) is 12.1 Å². The number of amides is 2. The first-order valence-electron chi connectivity index (χ1n) is 29.1. The van der Waals surface area contributed by atoms with E-state index in [1.807, 2.05) is 0 Å². The molecule has 0 aliphatic carbocycles. The van der Waals surface area contributed by atoms with Gasteiger partial charge in [0.2, 0.25) is 30.1 Å². The van der Waals surface area contributed by atoms with Gasteiger partial charge in [-0.25, -0.2) is 52.6 Å². The van der Waals surface area contributed by atoms with Crippen molar-refractivity contribution >= 4 is 84.3 Å². The molecule has 0 aromatic heterocycles. The summed E-state index contributed by atoms with van der Waals surface area (Å²) in [4.78, 5) is 40.3. The third-order valence-electron chi connectivity index (χ3n) is 13.7. The maximum absolute atomic E-state index is 12.6. The van der Waals surface area contributed by atoms with Gasteiger partial charge in [-0.15, -0.1) is 0 Å². The Kier molecular flexibility index (Phi) is 32.2. The number of nitrogen functional groups attached to an aromatic ring is 1. The van der Waals surface area contributed by atoms with Gasteiger partial charge in [0.05, 0.1) is 87.8 Å². The van der Waals surface area contributed by atoms with Gasteiger partial charge in [-0.3, -0.25) is 39.8 Å². The van der Waals surface area contributed by atoms with Crippen LogP contribution in [0.1, 0.15) is 5.56 Å². The fraction of sp³-hybridized carbons (Fsp3) is 0.446. The third-order valence-corrected chi connectivity index (χ3v) is 19.4. The average Bonchev–Trinajstić information content (AvgIpc) is 0.873. The summed E-state index contributed by atoms with van der Waals surface area (Å²) in [6.07, 6.45) is -4.47. The van der Waals surface area contributed by atoms with Crippen LogP contribution < -0.4 is 36.3 Å². The van der Waals surface area contributed by atoms with Crippen molar-refractivity contribution < 1.29 is 80.4 Å². The third kappa shape index (κ3) is 28.8. The number of non-ortho nitro benzene ring substituents is 2. The standard InChI is InChI=1S/C20H23F3N4O4S.C12H17N3O5S.C12H19N3O3S.C6H4ClNO4S.C6H14N2O/c21-20(22,23)15-4-6-16(7-5-15)25-19(28)26-17-2-1-3-18(14-17)32(29,30)24-8-9-27-10-12-31-13-11-27;16-15(17)11-2-1-3-12(10-11)21(18,19)13-4-5-14-6-8-20-9-7-14;13-11-2-1-3-12(10-11)19(16,17)14-4-5-15-6-8-18-9-7-15;7-13(11,12)6-3-1-2-5(4-6)8(9)10;7-1-2-8-3-5-9-6-4-8/h1-7,14,24H,8-13H2,(H2,25,26,28);1-3,10,13H,4-9H2;1-3,10,14H,4-9,13H2;1-4H;1-7H2. The zero-order chi connectivity index (χ0) is 68.8. The number of alkyl halides is 3. The van der Waals surface area contributed by atoms with E-state index in [2.05, 4.69) is 44.4 Å². The van der Waals surface area contributed by atoms with Gasteiger partial charge in [-0.2, -0.15) is 13.2 Å². The SMILES string of the molecule is NCCN1CCOCC1.Nc1cccc(S(=O)(=O)NCCN2CCOCC2)c1.O=C(Nc1ccc(C(F)(F)F)cc1)Nc1cccc(S(=O)(=O)NCCN2CCOCC2)c1.O=[N+]([O-])c1cccc(S(=O)(=O)Cl)c1.O=[N+]([O-])c1cccc(S(=O)(=O)NCCN2CCOCC2)c1. The molecule has 5 aromatic rings. The van der Waals surface area contributed by atoms with Gasteiger partial charge in [0.25, 0.3) is 20.4 Å². The number of nitrogens with two attached hydrogens (primary N) is 2. The number of halogens is 4. The topological polar surface area (TPSA) is 402 Å². The normalized spacial score (nSPS) is 16.2. The molecule has 4 saturated heterocycles. The molecule has 4 aliphatic heterocycles. The molecule has 0 radical (unpaired) electrons. The lowest BCUT2D eigenvalue weighted by molar-refractivity contribution is -0.385. The molecule has 4 aliphatic rings. The minimum atomic E-state index is -4.47. The number of nitrogens with one attached hydrogen (secondary N) is 5. The van der Waals surface area contributed by atoms with Crippen LogP contribution >= 0.6 is 10.7 Å². The summed E-state index contributed by atoms with van der Waals surface area (Å²) in [5.74, 6) is 0. The van der Waals surface area contributed by atoms with E-state index in [4.69, 9.17) is 41.1 Å². The van der Waals surface area contributed by atoms with E-state index < -0.39 is 66.7 Å². The molecule has 30 nitrogen and oxygen atoms in total. The van der Waals surface area contributed by atoms with Gasteiger partial charge in [0.1, 0.15) is 0 Å². The Morgan fingerprint density at radius 3 is 1.20 bits per heavy atom. The number of rotatable bonds is 22. The van der Waals surface area contributed by atoms with Crippen molar-refractivity contribution in [3.05, 3.63) is 147 Å². The number of morpholine rings is 4. The van der Waals surface area contributed by atoms with Crippen molar-refractivity contribution in [2.24, 2.45) is 5.73 Å². The molecule has 0 atom stereocenters. The number of hydrogen-bond donors (Lipinski definition) is 7. The number of benzene rings is 5. The predicted octanol–water partition coefficient (Wildman–Crippen LogP) is 3.84. The van der Waals surface area contributed by atoms with E-state index in [9.17, 15) is 71.9 Å². The lowest BCUT2D eigenvalue weighted by Crippen LogP contribution is -2.41. The maximum Gasteiger partial charge on any atom is 0.416 e. The van der Waals surface area contributed by atoms with E-state index >= 15 is 0 Å². The molecule has 4 fully saturated rings. The second-order valence-electron chi connectivity index (χ2n) is 20.5. The summed E-state index contributed by atoms with van der Waals surface area (Å²) < 4.78 is 161. The smallest absolute Gasteiger partial charge is 0.399 e. The van der Waals surface area contributed by atoms with Crippen molar-refractivity contribution in [3.8, 4) is 0 Å². The molecule has 2 amide bonds. The second kappa shape index (κ2) is 38.8. The molecule has 9 N–H and O–H groups in total. The van der Waals surface area contributed by atoms with Crippen molar-refractivity contribution in [1.29, 1.82) is 0 Å². The highest BCUT2D eigenvalue weighted by Crippen LogP contribution is 2.30. The van der Waals surface area contributed by atoms with Gasteiger partial charge in [-0.1, -0.05) is 24.3 Å². The largest absolute Gasteiger partial charge is 0.416 e. The highest BCUT2D eigenvalue weighted by Gasteiger charge is 2.30. The molecular formula is C56H77ClF3N13O17S4. The fourth-order valence-corrected chi connectivity index (χ4v) is 12.7. The molecular weight excluding hydrogens is 1350 g/mol. The number of anilines is 3. The molecule has 0 spiro atoms. The van der Waals surface area contributed by atoms with E-state index in [0.29, 0.717) is 71.5 Å². The zero-order valence-electron chi connectivity index (χ0n) is 50.9. The molecule has 0 unspecified atom stereocenters. The number of sulfonamides is 3. The Labute approximate surface area is 548 Å². The Morgan fingerprint density at radius 2 is 0.830 bits per heavy atom. The molecule has 520 valence electrons. The summed E-state index contributed by atoms with van der Waals surface area (Å²) in [6, 6.07) is 24.7. The Morgan fingerprint density at radius 1 is 0.489 bits per heavy atom. The van der Waals surface area contributed by atoms with E-state index in [-0.39, 0.29) is 55.4 Å². The highest BCUT2D eigenvalue weighted by atomic mass is 35.7. The lowest BCUT2D eigenvalue weighted by Gasteiger charge is -2.26. The Bertz CT molecular complexity index is 3660. The van der Waals surface area contributed by atoms with Gasteiger partial charge in [0.15, 0.2) is 0 Å². The molecule has 5 aromatic carbocycles. The number of ether oxygens (including phenoxy) is 4. The monoisotopic (exact) mass is 1420 g/mol. The molecule has 0 bridgehead atoms. The van der Waals surface area contributed by atoms with Gasteiger partial charge < -0.3 is 41.0 Å². The van der Waals surface area contributed by atoms with Crippen LogP contribution in [-0.4, -0.2) is 227 Å². The number of nitro groups is 2. The van der Waals surface area contributed by atoms with Crippen LogP contribution in [0, 0.1) is 20.2 Å². The molecule has 94 heavy (non-hydrogen) atoms. The fourth-order valence-electron chi connectivity index (χ4n) is 8.72. The van der Waals surface area contributed by atoms with Crippen molar-refractivity contribution in [2.75, 3.05) is 174 Å². The summed E-state index contributed by atoms with van der Waals surface area (Å²) in [5, 5.41) is 25.8. The van der Waals surface area contributed by atoms with E-state index in [1.165, 1.54) is 72.8 Å². The Hall–Kier alpha value is -6.63. The van der Waals surface area contributed by atoms with Crippen LogP contribution in [0.3, 0.4) is 0 Å². The lowest BCUT2D eigenvalue weighted by atomic mass is 10.2. The Balaban J connectivity index is 0.000000226. The summed E-state index contributed by atoms with van der Waals surface area (Å²) in [7, 11) is -9.89. The van der Waals surface area contributed by atoms with Crippen LogP contribution in [0.2, 0.25) is 0 Å². The number of hydrogen-bond acceptors (Lipinski definition) is 23. The van der Waals surface area contributed by atoms with Crippen LogP contribution in [0.15, 0.2) is 141 Å². The zero-order valence-corrected chi connectivity index (χ0v) is 55.0. The van der Waals surface area contributed by atoms with Gasteiger partial charge in [-0.05, 0) is 72.8 Å². The number of nitro benzene ring substituents is 2.